The first-order chi connectivity index (χ1) is 8.61. The van der Waals surface area contributed by atoms with E-state index in [2.05, 4.69) is 4.98 Å². The quantitative estimate of drug-likeness (QED) is 0.779. The largest absolute Gasteiger partial charge is 0.461 e. The van der Waals surface area contributed by atoms with Crippen LogP contribution >= 0.6 is 0 Å². The highest BCUT2D eigenvalue weighted by Crippen LogP contribution is 2.22. The average molecular weight is 245 g/mol. The molecule has 18 heavy (non-hydrogen) atoms. The molecule has 1 heterocycles. The van der Waals surface area contributed by atoms with Crippen molar-refractivity contribution in [1.82, 2.24) is 4.98 Å². The molecule has 0 aliphatic heterocycles. The Morgan fingerprint density at radius 1 is 1.28 bits per heavy atom. The topological polar surface area (TPSA) is 52.3 Å². The van der Waals surface area contributed by atoms with Crippen LogP contribution in [0, 0.1) is 13.8 Å². The number of rotatable bonds is 3. The van der Waals surface area contributed by atoms with Crippen LogP contribution in [0.15, 0.2) is 28.7 Å². The third-order valence-electron chi connectivity index (χ3n) is 2.56. The molecule has 2 rings (SSSR count). The smallest absolute Gasteiger partial charge is 0.360 e. The van der Waals surface area contributed by atoms with Crippen LogP contribution in [0.2, 0.25) is 0 Å². The summed E-state index contributed by atoms with van der Waals surface area (Å²) in [5.74, 6) is 0.469. The maximum atomic E-state index is 11.6. The fraction of sp³-hybridized carbons (Fsp3) is 0.286. The lowest BCUT2D eigenvalue weighted by Crippen LogP contribution is -2.06. The highest BCUT2D eigenvalue weighted by molar-refractivity contribution is 5.88. The number of aromatic nitrogens is 1. The van der Waals surface area contributed by atoms with E-state index in [0.717, 1.165) is 11.1 Å². The van der Waals surface area contributed by atoms with Crippen molar-refractivity contribution in [3.63, 3.8) is 0 Å². The van der Waals surface area contributed by atoms with Crippen LogP contribution in [0.1, 0.15) is 28.7 Å². The Morgan fingerprint density at radius 3 is 2.56 bits per heavy atom. The van der Waals surface area contributed by atoms with E-state index in [4.69, 9.17) is 9.15 Å². The molecule has 0 atom stereocenters. The monoisotopic (exact) mass is 245 g/mol. The molecule has 0 radical (unpaired) electrons. The molecule has 94 valence electrons. The van der Waals surface area contributed by atoms with Gasteiger partial charge in [0.15, 0.2) is 5.69 Å². The van der Waals surface area contributed by atoms with E-state index in [-0.39, 0.29) is 5.69 Å². The van der Waals surface area contributed by atoms with Gasteiger partial charge in [0.25, 0.3) is 0 Å². The molecule has 0 unspecified atom stereocenters. The molecule has 0 spiro atoms. The van der Waals surface area contributed by atoms with Crippen molar-refractivity contribution in [1.29, 1.82) is 0 Å². The minimum Gasteiger partial charge on any atom is -0.461 e. The number of carbonyl (C=O) groups excluding carboxylic acids is 1. The molecule has 1 aromatic carbocycles. The second kappa shape index (κ2) is 5.04. The number of benzene rings is 1. The number of oxazole rings is 1. The van der Waals surface area contributed by atoms with Gasteiger partial charge in [-0.15, -0.1) is 0 Å². The molecule has 0 bridgehead atoms. The lowest BCUT2D eigenvalue weighted by atomic mass is 10.1. The Kier molecular flexibility index (Phi) is 3.46. The van der Waals surface area contributed by atoms with Crippen molar-refractivity contribution >= 4 is 5.97 Å². The van der Waals surface area contributed by atoms with Gasteiger partial charge in [-0.25, -0.2) is 9.78 Å². The highest BCUT2D eigenvalue weighted by Gasteiger charge is 2.18. The number of carbonyl (C=O) groups is 1. The van der Waals surface area contributed by atoms with Crippen LogP contribution in [-0.2, 0) is 4.74 Å². The summed E-state index contributed by atoms with van der Waals surface area (Å²) in [5, 5.41) is 0. The van der Waals surface area contributed by atoms with Gasteiger partial charge >= 0.3 is 5.97 Å². The van der Waals surface area contributed by atoms with E-state index < -0.39 is 5.97 Å². The Morgan fingerprint density at radius 2 is 1.94 bits per heavy atom. The first-order valence-corrected chi connectivity index (χ1v) is 5.83. The van der Waals surface area contributed by atoms with Crippen molar-refractivity contribution < 1.29 is 13.9 Å². The van der Waals surface area contributed by atoms with Crippen molar-refractivity contribution in [3.8, 4) is 11.5 Å². The van der Waals surface area contributed by atoms with Gasteiger partial charge in [0.05, 0.1) is 6.61 Å². The fourth-order valence-electron chi connectivity index (χ4n) is 1.60. The van der Waals surface area contributed by atoms with E-state index in [9.17, 15) is 4.79 Å². The third-order valence-corrected chi connectivity index (χ3v) is 2.56. The zero-order chi connectivity index (χ0) is 13.1. The summed E-state index contributed by atoms with van der Waals surface area (Å²) >= 11 is 0. The van der Waals surface area contributed by atoms with Crippen LogP contribution in [0.25, 0.3) is 11.5 Å². The third kappa shape index (κ3) is 2.42. The number of ether oxygens (including phenoxy) is 1. The predicted octanol–water partition coefficient (Wildman–Crippen LogP) is 3.14. The number of hydrogen-bond donors (Lipinski definition) is 0. The maximum Gasteiger partial charge on any atom is 0.360 e. The minimum atomic E-state index is -0.447. The fourth-order valence-corrected chi connectivity index (χ4v) is 1.60. The predicted molar refractivity (Wildman–Crippen MR) is 67.4 cm³/mol. The van der Waals surface area contributed by atoms with Crippen LogP contribution in [-0.4, -0.2) is 17.6 Å². The van der Waals surface area contributed by atoms with Crippen molar-refractivity contribution in [3.05, 3.63) is 41.3 Å². The van der Waals surface area contributed by atoms with Gasteiger partial charge in [0.1, 0.15) is 5.76 Å². The molecule has 4 heteroatoms. The summed E-state index contributed by atoms with van der Waals surface area (Å²) in [5.41, 5.74) is 2.25. The molecule has 1 aromatic heterocycles. The summed E-state index contributed by atoms with van der Waals surface area (Å²) in [6, 6.07) is 7.77. The molecular formula is C14H15NO3. The molecule has 0 aliphatic carbocycles. The molecule has 2 aromatic rings. The molecule has 0 amide bonds. The Bertz CT molecular complexity index is 555. The van der Waals surface area contributed by atoms with Gasteiger partial charge in [-0.05, 0) is 32.9 Å². The SMILES string of the molecule is CCOC(=O)c1nc(-c2ccc(C)cc2)oc1C. The highest BCUT2D eigenvalue weighted by atomic mass is 16.5. The Hall–Kier alpha value is -2.10. The minimum absolute atomic E-state index is 0.243. The second-order valence-electron chi connectivity index (χ2n) is 4.01. The van der Waals surface area contributed by atoms with Crippen LogP contribution in [0.5, 0.6) is 0 Å². The standard InChI is InChI=1S/C14H15NO3/c1-4-17-14(16)12-10(3)18-13(15-12)11-7-5-9(2)6-8-11/h5-8H,4H2,1-3H3. The van der Waals surface area contributed by atoms with Gasteiger partial charge in [-0.1, -0.05) is 17.7 Å². The molecule has 0 fully saturated rings. The first kappa shape index (κ1) is 12.4. The van der Waals surface area contributed by atoms with Crippen LogP contribution < -0.4 is 0 Å². The Labute approximate surface area is 106 Å². The molecule has 0 aliphatic rings. The first-order valence-electron chi connectivity index (χ1n) is 5.83. The molecule has 4 nitrogen and oxygen atoms in total. The summed E-state index contributed by atoms with van der Waals surface area (Å²) < 4.78 is 10.4. The Balaban J connectivity index is 2.34. The van der Waals surface area contributed by atoms with Crippen molar-refractivity contribution in [2.75, 3.05) is 6.61 Å². The van der Waals surface area contributed by atoms with Crippen LogP contribution in [0.3, 0.4) is 0 Å². The van der Waals surface area contributed by atoms with Crippen LogP contribution in [0.4, 0.5) is 0 Å². The van der Waals surface area contributed by atoms with E-state index in [0.29, 0.717) is 18.3 Å². The normalized spacial score (nSPS) is 10.4. The zero-order valence-corrected chi connectivity index (χ0v) is 10.7. The summed E-state index contributed by atoms with van der Waals surface area (Å²) in [7, 11) is 0. The van der Waals surface area contributed by atoms with Gasteiger partial charge in [0, 0.05) is 5.56 Å². The summed E-state index contributed by atoms with van der Waals surface area (Å²) in [6.45, 7) is 5.80. The average Bonchev–Trinajstić information content (AvgIpc) is 2.72. The van der Waals surface area contributed by atoms with Gasteiger partial charge in [0.2, 0.25) is 5.89 Å². The maximum absolute atomic E-state index is 11.6. The van der Waals surface area contributed by atoms with E-state index >= 15 is 0 Å². The molecule has 0 saturated carbocycles. The number of aryl methyl sites for hydroxylation is 2. The van der Waals surface area contributed by atoms with E-state index in [1.807, 2.05) is 31.2 Å². The number of esters is 1. The molecule has 0 N–H and O–H groups in total. The number of hydrogen-bond acceptors (Lipinski definition) is 4. The number of nitrogens with zero attached hydrogens (tertiary/aromatic N) is 1. The molecular weight excluding hydrogens is 230 g/mol. The van der Waals surface area contributed by atoms with E-state index in [1.165, 1.54) is 0 Å². The van der Waals surface area contributed by atoms with Gasteiger partial charge < -0.3 is 9.15 Å². The summed E-state index contributed by atoms with van der Waals surface area (Å²) in [6.07, 6.45) is 0. The zero-order valence-electron chi connectivity index (χ0n) is 10.7. The lowest BCUT2D eigenvalue weighted by Gasteiger charge is -1.96. The lowest BCUT2D eigenvalue weighted by molar-refractivity contribution is 0.0518. The summed E-state index contributed by atoms with van der Waals surface area (Å²) in [4.78, 5) is 15.8. The molecule has 0 saturated heterocycles. The second-order valence-corrected chi connectivity index (χ2v) is 4.01. The van der Waals surface area contributed by atoms with E-state index in [1.54, 1.807) is 13.8 Å². The van der Waals surface area contributed by atoms with Crippen molar-refractivity contribution in [2.45, 2.75) is 20.8 Å². The van der Waals surface area contributed by atoms with Crippen molar-refractivity contribution in [2.24, 2.45) is 0 Å². The van der Waals surface area contributed by atoms with Gasteiger partial charge in [-0.2, -0.15) is 0 Å². The van der Waals surface area contributed by atoms with Gasteiger partial charge in [-0.3, -0.25) is 0 Å².